The number of phenols is 2. The largest absolute Gasteiger partial charge is 0.507 e. The van der Waals surface area contributed by atoms with Crippen LogP contribution in [0.25, 0.3) is 28.1 Å². The molecule has 0 unspecified atom stereocenters. The van der Waals surface area contributed by atoms with Crippen LogP contribution < -0.4 is 24.8 Å². The number of aryl methyl sites for hydroxylation is 1. The normalized spacial score (nSPS) is 22.9. The van der Waals surface area contributed by atoms with Gasteiger partial charge in [-0.05, 0) is 127 Å². The molecular weight excluding hydrogens is 723 g/mol. The minimum Gasteiger partial charge on any atom is -0.507 e. The molecule has 2 aliphatic heterocycles. The highest BCUT2D eigenvalue weighted by Crippen LogP contribution is 2.60. The molecule has 4 aromatic carbocycles. The van der Waals surface area contributed by atoms with Crippen LogP contribution in [0.15, 0.2) is 60.8 Å². The molecule has 3 heterocycles. The van der Waals surface area contributed by atoms with Crippen molar-refractivity contribution in [1.82, 2.24) is 15.6 Å². The Labute approximate surface area is 332 Å². The number of rotatable bonds is 12. The van der Waals surface area contributed by atoms with Gasteiger partial charge in [0.2, 0.25) is 0 Å². The van der Waals surface area contributed by atoms with Crippen molar-refractivity contribution < 1.29 is 39.4 Å². The molecule has 0 fully saturated rings. The molecule has 0 spiro atoms. The summed E-state index contributed by atoms with van der Waals surface area (Å²) in [5.41, 5.74) is 9.92. The molecule has 1 aromatic heterocycles. The van der Waals surface area contributed by atoms with Crippen LogP contribution in [0.1, 0.15) is 75.3 Å². The Morgan fingerprint density at radius 2 is 1.82 bits per heavy atom. The summed E-state index contributed by atoms with van der Waals surface area (Å²) < 4.78 is 26.8. The second-order valence-electron chi connectivity index (χ2n) is 15.9. The quantitative estimate of drug-likeness (QED) is 0.0735. The predicted octanol–water partition coefficient (Wildman–Crippen LogP) is 6.14. The molecular formula is C46H51N3O8. The van der Waals surface area contributed by atoms with Gasteiger partial charge in [-0.15, -0.1) is 0 Å². The fourth-order valence-corrected chi connectivity index (χ4v) is 10.0. The summed E-state index contributed by atoms with van der Waals surface area (Å²) in [7, 11) is 5.31. The molecule has 4 aliphatic rings. The molecule has 9 rings (SSSR count). The van der Waals surface area contributed by atoms with Gasteiger partial charge in [-0.1, -0.05) is 24.3 Å². The Morgan fingerprint density at radius 1 is 0.947 bits per heavy atom. The smallest absolute Gasteiger partial charge is 0.161 e. The molecule has 298 valence electrons. The van der Waals surface area contributed by atoms with Gasteiger partial charge in [0.05, 0.1) is 20.4 Å². The number of aromatic nitrogens is 1. The summed E-state index contributed by atoms with van der Waals surface area (Å²) in [6.45, 7) is 0.594. The maximum absolute atomic E-state index is 11.3. The zero-order valence-corrected chi connectivity index (χ0v) is 32.7. The van der Waals surface area contributed by atoms with Gasteiger partial charge < -0.3 is 49.7 Å². The molecule has 11 nitrogen and oxygen atoms in total. The van der Waals surface area contributed by atoms with E-state index in [1.54, 1.807) is 6.07 Å². The van der Waals surface area contributed by atoms with Crippen LogP contribution in [0.2, 0.25) is 0 Å². The molecule has 5 aromatic rings. The first kappa shape index (κ1) is 37.5. The van der Waals surface area contributed by atoms with E-state index in [2.05, 4.69) is 52.0 Å². The molecule has 57 heavy (non-hydrogen) atoms. The Bertz CT molecular complexity index is 2370. The van der Waals surface area contributed by atoms with Gasteiger partial charge in [0, 0.05) is 59.5 Å². The number of nitrogens with one attached hydrogen (secondary N) is 3. The first-order valence-corrected chi connectivity index (χ1v) is 20.0. The third-order valence-corrected chi connectivity index (χ3v) is 12.6. The van der Waals surface area contributed by atoms with Crippen molar-refractivity contribution in [2.75, 3.05) is 47.7 Å². The number of phenolic OH excluding ortho intramolecular Hbond substituents is 2. The number of likely N-dealkylation sites (N-methyl/N-ethyl adjacent to an activating group) is 1. The summed E-state index contributed by atoms with van der Waals surface area (Å²) in [4.78, 5) is 3.32. The number of H-pyrrole nitrogens is 1. The highest BCUT2D eigenvalue weighted by atomic mass is 16.6. The highest BCUT2D eigenvalue weighted by Gasteiger charge is 2.51. The van der Waals surface area contributed by atoms with E-state index in [4.69, 9.17) is 18.9 Å². The first-order valence-electron chi connectivity index (χ1n) is 20.0. The predicted molar refractivity (Wildman–Crippen MR) is 219 cm³/mol. The lowest BCUT2D eigenvalue weighted by molar-refractivity contribution is -0.128. The van der Waals surface area contributed by atoms with Gasteiger partial charge in [-0.2, -0.15) is 0 Å². The molecule has 5 atom stereocenters. The van der Waals surface area contributed by atoms with Crippen LogP contribution >= 0.6 is 0 Å². The van der Waals surface area contributed by atoms with E-state index in [1.807, 2.05) is 38.5 Å². The standard InChI is InChI=1S/C46H51N3O8/c1-47-23-46(55-24-48-2)21-36-35-20-34-30(25-6-12-37-26(17-25)14-15-49-37)9-10-31-38(52)13-11-32(40(31)34)41(35)44-33(8-7-29(22-51)56-44)43(36)57-45(46)28-18-27(5-4-16-50)42(53)39(19-28)54-3/h6,9-15,17-19,29-30,34,45,47-53H,4-5,7-8,16,20-24H2,1-3H3/t29-,30+,34-,45+,46-/m0/s1. The van der Waals surface area contributed by atoms with Gasteiger partial charge in [0.25, 0.3) is 0 Å². The third kappa shape index (κ3) is 6.15. The van der Waals surface area contributed by atoms with Gasteiger partial charge in [-0.3, -0.25) is 5.32 Å². The number of hydrogen-bond acceptors (Lipinski definition) is 10. The number of fused-ring (bicyclic) bond motifs is 8. The minimum absolute atomic E-state index is 0.000430. The van der Waals surface area contributed by atoms with Crippen LogP contribution in [0.3, 0.4) is 0 Å². The Kier molecular flexibility index (Phi) is 9.90. The number of aromatic amines is 1. The van der Waals surface area contributed by atoms with E-state index in [1.165, 1.54) is 12.7 Å². The fourth-order valence-electron chi connectivity index (χ4n) is 10.0. The molecule has 7 N–H and O–H groups in total. The zero-order valence-electron chi connectivity index (χ0n) is 32.7. The first-order chi connectivity index (χ1) is 27.8. The zero-order chi connectivity index (χ0) is 39.4. The molecule has 0 amide bonds. The Balaban J connectivity index is 1.27. The van der Waals surface area contributed by atoms with Crippen molar-refractivity contribution >= 4 is 17.0 Å². The number of aliphatic hydroxyl groups is 2. The summed E-state index contributed by atoms with van der Waals surface area (Å²) >= 11 is 0. The monoisotopic (exact) mass is 773 g/mol. The van der Waals surface area contributed by atoms with Crippen molar-refractivity contribution in [3.05, 3.63) is 105 Å². The number of methoxy groups -OCH3 is 1. The van der Waals surface area contributed by atoms with Crippen molar-refractivity contribution in [3.63, 3.8) is 0 Å². The Morgan fingerprint density at radius 3 is 2.61 bits per heavy atom. The third-order valence-electron chi connectivity index (χ3n) is 12.6. The second-order valence-corrected chi connectivity index (χ2v) is 15.9. The number of allylic oxidation sites excluding steroid dienone is 1. The van der Waals surface area contributed by atoms with Crippen LogP contribution in [0.4, 0.5) is 0 Å². The van der Waals surface area contributed by atoms with E-state index in [0.29, 0.717) is 56.4 Å². The molecule has 0 radical (unpaired) electrons. The average molecular weight is 774 g/mol. The van der Waals surface area contributed by atoms with Crippen LogP contribution in [0, 0.1) is 0 Å². The van der Waals surface area contributed by atoms with Crippen LogP contribution in [-0.4, -0.2) is 84.8 Å². The van der Waals surface area contributed by atoms with E-state index >= 15 is 0 Å². The summed E-state index contributed by atoms with van der Waals surface area (Å²) in [6, 6.07) is 16.3. The number of aliphatic hydroxyl groups excluding tert-OH is 2. The van der Waals surface area contributed by atoms with Gasteiger partial charge in [-0.25, -0.2) is 0 Å². The van der Waals surface area contributed by atoms with Crippen molar-refractivity contribution in [2.24, 2.45) is 0 Å². The lowest BCUT2D eigenvalue weighted by Gasteiger charge is -2.48. The minimum atomic E-state index is -0.919. The van der Waals surface area contributed by atoms with E-state index in [0.717, 1.165) is 66.9 Å². The molecule has 11 heteroatoms. The molecule has 0 saturated heterocycles. The number of aromatic hydroxyl groups is 2. The fraction of sp³-hybridized carbons (Fsp3) is 0.391. The summed E-state index contributed by atoms with van der Waals surface area (Å²) in [6.07, 6.45) is 8.64. The van der Waals surface area contributed by atoms with E-state index in [-0.39, 0.29) is 49.4 Å². The van der Waals surface area contributed by atoms with Crippen molar-refractivity contribution in [2.45, 2.75) is 68.2 Å². The lowest BCUT2D eigenvalue weighted by Crippen LogP contribution is -2.54. The van der Waals surface area contributed by atoms with Crippen LogP contribution in [-0.2, 0) is 30.4 Å². The second kappa shape index (κ2) is 15.0. The average Bonchev–Trinajstić information content (AvgIpc) is 3.71. The number of hydrogen-bond donors (Lipinski definition) is 7. The Hall–Kier alpha value is -5.04. The van der Waals surface area contributed by atoms with Gasteiger partial charge in [0.1, 0.15) is 29.0 Å². The van der Waals surface area contributed by atoms with E-state index in [9.17, 15) is 20.4 Å². The van der Waals surface area contributed by atoms with E-state index < -0.39 is 11.7 Å². The van der Waals surface area contributed by atoms with Crippen LogP contribution in [0.5, 0.6) is 28.7 Å². The van der Waals surface area contributed by atoms with Crippen molar-refractivity contribution in [1.29, 1.82) is 0 Å². The summed E-state index contributed by atoms with van der Waals surface area (Å²) in [5.74, 6) is 2.16. The van der Waals surface area contributed by atoms with Gasteiger partial charge in [0.15, 0.2) is 17.6 Å². The highest BCUT2D eigenvalue weighted by molar-refractivity contribution is 5.89. The lowest BCUT2D eigenvalue weighted by atomic mass is 9.64. The maximum Gasteiger partial charge on any atom is 0.161 e. The number of ether oxygens (including phenoxy) is 4. The van der Waals surface area contributed by atoms with Gasteiger partial charge >= 0.3 is 0 Å². The molecule has 0 bridgehead atoms. The van der Waals surface area contributed by atoms with Crippen molar-refractivity contribution in [3.8, 4) is 39.9 Å². The summed E-state index contributed by atoms with van der Waals surface area (Å²) in [5, 5.41) is 50.4. The SMILES string of the molecule is CNCO[C@]1(CNC)Cc2c3c(c4c(c2O[C@@H]1c1cc(CCCO)c(O)c(OC)c1)CC[C@@H](CO)O4)-c1ccc(O)c2c1[C@@H](C3)[C@@H](c1ccc3[nH]ccc3c1)C=C2. The topological polar surface area (TPSA) is 158 Å². The molecule has 0 saturated carbocycles. The maximum atomic E-state index is 11.3. The molecule has 2 aliphatic carbocycles. The number of benzene rings is 4.